The zero-order valence-corrected chi connectivity index (χ0v) is 15.2. The first kappa shape index (κ1) is 17.7. The van der Waals surface area contributed by atoms with E-state index < -0.39 is 0 Å². The van der Waals surface area contributed by atoms with Gasteiger partial charge in [0.15, 0.2) is 5.96 Å². The van der Waals surface area contributed by atoms with Crippen molar-refractivity contribution >= 4 is 23.7 Å². The number of hydrogen-bond donors (Lipinski definition) is 1. The van der Waals surface area contributed by atoms with Crippen LogP contribution in [0.4, 0.5) is 0 Å². The molecule has 1 saturated heterocycles. The van der Waals surface area contributed by atoms with Crippen LogP contribution in [0.2, 0.25) is 0 Å². The molecule has 0 bridgehead atoms. The quantitative estimate of drug-likeness (QED) is 0.518. The number of methoxy groups -OCH3 is 1. The van der Waals surface area contributed by atoms with Crippen molar-refractivity contribution in [3.05, 3.63) is 23.2 Å². The highest BCUT2D eigenvalue weighted by atomic mass is 32.2. The van der Waals surface area contributed by atoms with Crippen LogP contribution in [0.25, 0.3) is 0 Å². The van der Waals surface area contributed by atoms with E-state index in [-0.39, 0.29) is 10.7 Å². The number of nitrogens with zero attached hydrogens (tertiary/aromatic N) is 2. The van der Waals surface area contributed by atoms with Gasteiger partial charge < -0.3 is 19.4 Å². The molecule has 1 N–H and O–H groups in total. The van der Waals surface area contributed by atoms with Crippen LogP contribution in [0.1, 0.15) is 35.7 Å². The van der Waals surface area contributed by atoms with Crippen molar-refractivity contribution in [3.63, 3.8) is 0 Å². The Bertz CT molecular complexity index is 595. The number of carbonyl (C=O) groups excluding carboxylic acids is 1. The number of furan rings is 1. The number of thioether (sulfide) groups is 1. The van der Waals surface area contributed by atoms with Gasteiger partial charge in [-0.05, 0) is 26.8 Å². The predicted molar refractivity (Wildman–Crippen MR) is 93.1 cm³/mol. The van der Waals surface area contributed by atoms with E-state index in [1.165, 1.54) is 7.11 Å². The average molecular weight is 339 g/mol. The zero-order chi connectivity index (χ0) is 17.0. The lowest BCUT2D eigenvalue weighted by Gasteiger charge is -2.39. The largest absolute Gasteiger partial charge is 0.465 e. The summed E-state index contributed by atoms with van der Waals surface area (Å²) < 4.78 is 10.6. The Labute approximate surface area is 141 Å². The Balaban J connectivity index is 2.00. The molecule has 128 valence electrons. The first-order chi connectivity index (χ1) is 10.9. The first-order valence-corrected chi connectivity index (χ1v) is 8.62. The molecule has 0 aliphatic carbocycles. The maximum atomic E-state index is 11.6. The fraction of sp³-hybridized carbons (Fsp3) is 0.625. The minimum atomic E-state index is -0.378. The molecule has 1 aliphatic heterocycles. The van der Waals surface area contributed by atoms with Crippen molar-refractivity contribution < 1.29 is 13.9 Å². The fourth-order valence-corrected chi connectivity index (χ4v) is 3.75. The number of guanidine groups is 1. The van der Waals surface area contributed by atoms with E-state index in [0.29, 0.717) is 23.6 Å². The predicted octanol–water partition coefficient (Wildman–Crippen LogP) is 2.28. The number of aryl methyl sites for hydroxylation is 1. The molecule has 0 aromatic carbocycles. The Morgan fingerprint density at radius 3 is 2.91 bits per heavy atom. The first-order valence-electron chi connectivity index (χ1n) is 7.63. The second-order valence-corrected chi connectivity index (χ2v) is 7.91. The summed E-state index contributed by atoms with van der Waals surface area (Å²) >= 11 is 1.98. The van der Waals surface area contributed by atoms with Gasteiger partial charge in [0.05, 0.1) is 13.7 Å². The van der Waals surface area contributed by atoms with E-state index >= 15 is 0 Å². The van der Waals surface area contributed by atoms with Crippen molar-refractivity contribution in [3.8, 4) is 0 Å². The van der Waals surface area contributed by atoms with Gasteiger partial charge in [0.2, 0.25) is 0 Å². The Morgan fingerprint density at radius 1 is 1.57 bits per heavy atom. The van der Waals surface area contributed by atoms with Crippen LogP contribution in [0.15, 0.2) is 15.5 Å². The third kappa shape index (κ3) is 4.43. The summed E-state index contributed by atoms with van der Waals surface area (Å²) in [6, 6.07) is 1.72. The van der Waals surface area contributed by atoms with Crippen LogP contribution in [-0.4, -0.2) is 54.6 Å². The number of carbonyl (C=O) groups is 1. The van der Waals surface area contributed by atoms with Crippen LogP contribution in [0, 0.1) is 6.92 Å². The zero-order valence-electron chi connectivity index (χ0n) is 14.4. The normalized spacial score (nSPS) is 18.0. The maximum Gasteiger partial charge on any atom is 0.341 e. The molecular formula is C16H25N3O3S. The molecule has 2 heterocycles. The topological polar surface area (TPSA) is 67.1 Å². The van der Waals surface area contributed by atoms with Gasteiger partial charge in [-0.25, -0.2) is 4.79 Å². The van der Waals surface area contributed by atoms with Crippen LogP contribution < -0.4 is 5.32 Å². The molecule has 23 heavy (non-hydrogen) atoms. The molecule has 2 rings (SSSR count). The Kier molecular flexibility index (Phi) is 5.62. The van der Waals surface area contributed by atoms with Crippen molar-refractivity contribution in [1.82, 2.24) is 10.2 Å². The summed E-state index contributed by atoms with van der Waals surface area (Å²) in [5.41, 5.74) is 0.467. The van der Waals surface area contributed by atoms with Gasteiger partial charge in [0.25, 0.3) is 0 Å². The van der Waals surface area contributed by atoms with E-state index in [0.717, 1.165) is 24.8 Å². The fourth-order valence-electron chi connectivity index (χ4n) is 2.64. The summed E-state index contributed by atoms with van der Waals surface area (Å²) in [4.78, 5) is 18.2. The van der Waals surface area contributed by atoms with E-state index in [4.69, 9.17) is 9.15 Å². The summed E-state index contributed by atoms with van der Waals surface area (Å²) in [7, 11) is 3.15. The summed E-state index contributed by atoms with van der Waals surface area (Å²) in [6.07, 6.45) is 0. The minimum absolute atomic E-state index is 0.217. The molecule has 1 aliphatic rings. The molecule has 1 aromatic rings. The van der Waals surface area contributed by atoms with Crippen molar-refractivity contribution in [2.45, 2.75) is 32.1 Å². The molecule has 0 amide bonds. The number of hydrogen-bond acceptors (Lipinski definition) is 5. The lowest BCUT2D eigenvalue weighted by Crippen LogP contribution is -2.50. The highest BCUT2D eigenvalue weighted by molar-refractivity contribution is 8.00. The lowest BCUT2D eigenvalue weighted by molar-refractivity contribution is 0.0599. The Hall–Kier alpha value is -1.63. The van der Waals surface area contributed by atoms with Gasteiger partial charge >= 0.3 is 5.97 Å². The SMILES string of the molecule is CN=C(NCc1cc(C(=O)OC)c(C)o1)N1CCSC(C)(C)C1. The number of nitrogens with one attached hydrogen (secondary N) is 1. The van der Waals surface area contributed by atoms with Gasteiger partial charge in [0, 0.05) is 30.6 Å². The average Bonchev–Trinajstić information content (AvgIpc) is 2.87. The highest BCUT2D eigenvalue weighted by Crippen LogP contribution is 2.29. The second-order valence-electron chi connectivity index (χ2n) is 6.10. The molecule has 0 atom stereocenters. The van der Waals surface area contributed by atoms with Crippen molar-refractivity contribution in [1.29, 1.82) is 0 Å². The van der Waals surface area contributed by atoms with Crippen LogP contribution >= 0.6 is 11.8 Å². The van der Waals surface area contributed by atoms with Crippen LogP contribution in [0.5, 0.6) is 0 Å². The number of ether oxygens (including phenoxy) is 1. The third-order valence-electron chi connectivity index (χ3n) is 3.73. The standard InChI is InChI=1S/C16H25N3O3S/c1-11-13(14(20)21-5)8-12(22-11)9-18-15(17-4)19-6-7-23-16(2,3)10-19/h8H,6-7,9-10H2,1-5H3,(H,17,18). The highest BCUT2D eigenvalue weighted by Gasteiger charge is 2.28. The molecule has 7 heteroatoms. The summed E-state index contributed by atoms with van der Waals surface area (Å²) in [5, 5.41) is 3.31. The van der Waals surface area contributed by atoms with Gasteiger partial charge in [-0.1, -0.05) is 0 Å². The molecule has 0 radical (unpaired) electrons. The second kappa shape index (κ2) is 7.29. The van der Waals surface area contributed by atoms with E-state index in [2.05, 4.69) is 29.1 Å². The van der Waals surface area contributed by atoms with Crippen molar-refractivity contribution in [2.24, 2.45) is 4.99 Å². The molecule has 6 nitrogen and oxygen atoms in total. The van der Waals surface area contributed by atoms with Gasteiger partial charge in [-0.15, -0.1) is 0 Å². The van der Waals surface area contributed by atoms with Gasteiger partial charge in [-0.3, -0.25) is 4.99 Å². The van der Waals surface area contributed by atoms with Gasteiger partial charge in [-0.2, -0.15) is 11.8 Å². The number of rotatable bonds is 3. The third-order valence-corrected chi connectivity index (χ3v) is 5.03. The summed E-state index contributed by atoms with van der Waals surface area (Å²) in [6.45, 7) is 8.65. The maximum absolute atomic E-state index is 11.6. The van der Waals surface area contributed by atoms with E-state index in [9.17, 15) is 4.79 Å². The molecule has 1 fully saturated rings. The monoisotopic (exact) mass is 339 g/mol. The molecule has 0 spiro atoms. The smallest absolute Gasteiger partial charge is 0.341 e. The Morgan fingerprint density at radius 2 is 2.30 bits per heavy atom. The minimum Gasteiger partial charge on any atom is -0.465 e. The van der Waals surface area contributed by atoms with E-state index in [1.807, 2.05) is 11.8 Å². The number of aliphatic imine (C=N–C) groups is 1. The lowest BCUT2D eigenvalue weighted by atomic mass is 10.2. The molecular weight excluding hydrogens is 314 g/mol. The van der Waals surface area contributed by atoms with Crippen LogP contribution in [0.3, 0.4) is 0 Å². The van der Waals surface area contributed by atoms with E-state index in [1.54, 1.807) is 20.0 Å². The van der Waals surface area contributed by atoms with Gasteiger partial charge in [0.1, 0.15) is 17.1 Å². The molecule has 1 aromatic heterocycles. The summed E-state index contributed by atoms with van der Waals surface area (Å²) in [5.74, 6) is 2.82. The van der Waals surface area contributed by atoms with Crippen molar-refractivity contribution in [2.75, 3.05) is 33.0 Å². The number of esters is 1. The molecule has 0 unspecified atom stereocenters. The van der Waals surface area contributed by atoms with Crippen LogP contribution in [-0.2, 0) is 11.3 Å². The molecule has 0 saturated carbocycles.